The van der Waals surface area contributed by atoms with Gasteiger partial charge in [-0.25, -0.2) is 0 Å². The summed E-state index contributed by atoms with van der Waals surface area (Å²) in [5, 5.41) is 21.4. The van der Waals surface area contributed by atoms with Crippen molar-refractivity contribution in [3.05, 3.63) is 58.1 Å². The molecule has 0 bridgehead atoms. The first kappa shape index (κ1) is 14.7. The van der Waals surface area contributed by atoms with Crippen LogP contribution in [0.25, 0.3) is 0 Å². The molecule has 0 aromatic heterocycles. The van der Waals surface area contributed by atoms with Gasteiger partial charge in [0, 0.05) is 12.2 Å². The van der Waals surface area contributed by atoms with Gasteiger partial charge in [-0.05, 0) is 35.9 Å². The number of nitrogens with one attached hydrogen (secondary N) is 1. The lowest BCUT2D eigenvalue weighted by atomic mass is 10.1. The van der Waals surface area contributed by atoms with Crippen LogP contribution in [0.2, 0.25) is 5.02 Å². The van der Waals surface area contributed by atoms with Crippen molar-refractivity contribution < 1.29 is 4.74 Å². The molecule has 0 atom stereocenters. The van der Waals surface area contributed by atoms with Crippen LogP contribution >= 0.6 is 11.6 Å². The normalized spacial score (nSPS) is 9.52. The second-order valence-corrected chi connectivity index (χ2v) is 4.71. The zero-order valence-corrected chi connectivity index (χ0v) is 12.1. The van der Waals surface area contributed by atoms with Crippen LogP contribution in [0, 0.1) is 22.7 Å². The van der Waals surface area contributed by atoms with Crippen LogP contribution in [0.3, 0.4) is 0 Å². The minimum atomic E-state index is 0.417. The molecule has 0 fully saturated rings. The zero-order valence-electron chi connectivity index (χ0n) is 11.4. The van der Waals surface area contributed by atoms with Crippen LogP contribution in [0.4, 0.5) is 5.69 Å². The summed E-state index contributed by atoms with van der Waals surface area (Å²) in [6, 6.07) is 14.7. The molecule has 2 aromatic carbocycles. The van der Waals surface area contributed by atoms with Crippen LogP contribution in [0.15, 0.2) is 36.4 Å². The number of halogens is 1. The van der Waals surface area contributed by atoms with Gasteiger partial charge in [-0.1, -0.05) is 17.7 Å². The maximum Gasteiger partial charge on any atom is 0.136 e. The number of ether oxygens (including phenoxy) is 1. The summed E-state index contributed by atoms with van der Waals surface area (Å²) in [5.74, 6) is 0.551. The lowest BCUT2D eigenvalue weighted by molar-refractivity contribution is 0.413. The first-order valence-electron chi connectivity index (χ1n) is 6.18. The molecule has 0 radical (unpaired) electrons. The average molecular weight is 298 g/mol. The Labute approximate surface area is 128 Å². The van der Waals surface area contributed by atoms with E-state index in [0.717, 1.165) is 11.3 Å². The predicted octanol–water partition coefficient (Wildman–Crippen LogP) is 3.70. The average Bonchev–Trinajstić information content (AvgIpc) is 2.52. The fourth-order valence-corrected chi connectivity index (χ4v) is 2.08. The molecule has 0 saturated heterocycles. The second kappa shape index (κ2) is 6.65. The molecule has 1 N–H and O–H groups in total. The summed E-state index contributed by atoms with van der Waals surface area (Å²) >= 11 is 5.98. The number of anilines is 1. The van der Waals surface area contributed by atoms with Gasteiger partial charge in [0.05, 0.1) is 23.3 Å². The van der Waals surface area contributed by atoms with E-state index in [4.69, 9.17) is 26.9 Å². The Morgan fingerprint density at radius 2 is 1.81 bits per heavy atom. The third-order valence-corrected chi connectivity index (χ3v) is 3.29. The summed E-state index contributed by atoms with van der Waals surface area (Å²) in [6.45, 7) is 0.560. The van der Waals surface area contributed by atoms with E-state index in [1.807, 2.05) is 18.2 Å². The Balaban J connectivity index is 2.12. The van der Waals surface area contributed by atoms with Crippen molar-refractivity contribution in [2.45, 2.75) is 6.54 Å². The van der Waals surface area contributed by atoms with E-state index in [1.165, 1.54) is 7.11 Å². The number of hydrogen-bond acceptors (Lipinski definition) is 4. The Morgan fingerprint density at radius 1 is 1.10 bits per heavy atom. The van der Waals surface area contributed by atoms with E-state index >= 15 is 0 Å². The summed E-state index contributed by atoms with van der Waals surface area (Å²) in [7, 11) is 1.54. The standard InChI is InChI=1S/C16H12ClN3O/c1-21-16-6-11(2-3-13(16)9-19)10-20-14-5-4-12(8-18)15(17)7-14/h2-7,20H,10H2,1H3. The molecule has 2 aromatic rings. The highest BCUT2D eigenvalue weighted by Gasteiger charge is 2.05. The van der Waals surface area contributed by atoms with Crippen LogP contribution in [-0.4, -0.2) is 7.11 Å². The van der Waals surface area contributed by atoms with E-state index < -0.39 is 0 Å². The van der Waals surface area contributed by atoms with Gasteiger partial charge >= 0.3 is 0 Å². The van der Waals surface area contributed by atoms with Crippen LogP contribution in [0.5, 0.6) is 5.75 Å². The highest BCUT2D eigenvalue weighted by Crippen LogP contribution is 2.22. The van der Waals surface area contributed by atoms with Crippen molar-refractivity contribution >= 4 is 17.3 Å². The second-order valence-electron chi connectivity index (χ2n) is 4.31. The Hall–Kier alpha value is -2.69. The van der Waals surface area contributed by atoms with Gasteiger partial charge in [0.1, 0.15) is 17.9 Å². The molecule has 0 aliphatic carbocycles. The van der Waals surface area contributed by atoms with E-state index in [2.05, 4.69) is 11.4 Å². The minimum absolute atomic E-state index is 0.417. The lowest BCUT2D eigenvalue weighted by Crippen LogP contribution is -2.00. The number of nitrogens with zero attached hydrogens (tertiary/aromatic N) is 2. The van der Waals surface area contributed by atoms with Crippen molar-refractivity contribution in [1.82, 2.24) is 0 Å². The van der Waals surface area contributed by atoms with Gasteiger partial charge in [-0.3, -0.25) is 0 Å². The molecule has 0 spiro atoms. The summed E-state index contributed by atoms with van der Waals surface area (Å²) < 4.78 is 5.17. The zero-order chi connectivity index (χ0) is 15.2. The van der Waals surface area contributed by atoms with Gasteiger partial charge in [0.15, 0.2) is 0 Å². The van der Waals surface area contributed by atoms with Crippen LogP contribution in [0.1, 0.15) is 16.7 Å². The third-order valence-electron chi connectivity index (χ3n) is 2.97. The first-order valence-corrected chi connectivity index (χ1v) is 6.56. The van der Waals surface area contributed by atoms with E-state index in [-0.39, 0.29) is 0 Å². The van der Waals surface area contributed by atoms with Crippen molar-refractivity contribution in [1.29, 1.82) is 10.5 Å². The predicted molar refractivity (Wildman–Crippen MR) is 81.2 cm³/mol. The van der Waals surface area contributed by atoms with Crippen molar-refractivity contribution in [2.24, 2.45) is 0 Å². The molecule has 2 rings (SSSR count). The topological polar surface area (TPSA) is 68.8 Å². The van der Waals surface area contributed by atoms with Crippen molar-refractivity contribution in [3.63, 3.8) is 0 Å². The van der Waals surface area contributed by atoms with Crippen LogP contribution < -0.4 is 10.1 Å². The minimum Gasteiger partial charge on any atom is -0.495 e. The van der Waals surface area contributed by atoms with Crippen molar-refractivity contribution in [2.75, 3.05) is 12.4 Å². The highest BCUT2D eigenvalue weighted by molar-refractivity contribution is 6.32. The monoisotopic (exact) mass is 297 g/mol. The summed E-state index contributed by atoms with van der Waals surface area (Å²) in [4.78, 5) is 0. The number of hydrogen-bond donors (Lipinski definition) is 1. The SMILES string of the molecule is COc1cc(CNc2ccc(C#N)c(Cl)c2)ccc1C#N. The molecule has 0 saturated carbocycles. The number of methoxy groups -OCH3 is 1. The molecular weight excluding hydrogens is 286 g/mol. The molecule has 0 amide bonds. The lowest BCUT2D eigenvalue weighted by Gasteiger charge is -2.09. The molecule has 4 nitrogen and oxygen atoms in total. The van der Waals surface area contributed by atoms with E-state index in [1.54, 1.807) is 24.3 Å². The smallest absolute Gasteiger partial charge is 0.136 e. The third kappa shape index (κ3) is 3.45. The van der Waals surface area contributed by atoms with E-state index in [9.17, 15) is 0 Å². The first-order chi connectivity index (χ1) is 10.2. The fourth-order valence-electron chi connectivity index (χ4n) is 1.86. The fraction of sp³-hybridized carbons (Fsp3) is 0.125. The quantitative estimate of drug-likeness (QED) is 0.934. The Bertz CT molecular complexity index is 744. The summed E-state index contributed by atoms with van der Waals surface area (Å²) in [5.41, 5.74) is 2.75. The molecule has 0 heterocycles. The molecule has 5 heteroatoms. The van der Waals surface area contributed by atoms with Gasteiger partial charge in [0.25, 0.3) is 0 Å². The highest BCUT2D eigenvalue weighted by atomic mass is 35.5. The summed E-state index contributed by atoms with van der Waals surface area (Å²) in [6.07, 6.45) is 0. The number of nitriles is 2. The molecule has 104 valence electrons. The van der Waals surface area contributed by atoms with Gasteiger partial charge in [0.2, 0.25) is 0 Å². The largest absolute Gasteiger partial charge is 0.495 e. The number of benzene rings is 2. The molecule has 0 aliphatic rings. The van der Waals surface area contributed by atoms with Gasteiger partial charge in [-0.2, -0.15) is 10.5 Å². The number of rotatable bonds is 4. The maximum absolute atomic E-state index is 8.94. The molecule has 0 aliphatic heterocycles. The molecule has 21 heavy (non-hydrogen) atoms. The Morgan fingerprint density at radius 3 is 2.43 bits per heavy atom. The van der Waals surface area contributed by atoms with Crippen LogP contribution in [-0.2, 0) is 6.54 Å². The Kier molecular flexibility index (Phi) is 4.66. The molecular formula is C16H12ClN3O. The van der Waals surface area contributed by atoms with E-state index in [0.29, 0.717) is 28.4 Å². The van der Waals surface area contributed by atoms with Crippen molar-refractivity contribution in [3.8, 4) is 17.9 Å². The molecule has 0 unspecified atom stereocenters. The maximum atomic E-state index is 8.94. The van der Waals surface area contributed by atoms with Gasteiger partial charge in [-0.15, -0.1) is 0 Å². The van der Waals surface area contributed by atoms with Gasteiger partial charge < -0.3 is 10.1 Å².